The number of aryl methyl sites for hydroxylation is 2. The monoisotopic (exact) mass is 283 g/mol. The summed E-state index contributed by atoms with van der Waals surface area (Å²) in [4.78, 5) is 0. The zero-order chi connectivity index (χ0) is 14.5. The van der Waals surface area contributed by atoms with Crippen LogP contribution in [0.15, 0.2) is 18.2 Å². The van der Waals surface area contributed by atoms with Gasteiger partial charge in [0.25, 0.3) is 0 Å². The molecular formula is C15H25NO2S. The summed E-state index contributed by atoms with van der Waals surface area (Å²) in [6, 6.07) is 6.05. The Hall–Kier alpha value is -0.870. The lowest BCUT2D eigenvalue weighted by Crippen LogP contribution is -2.27. The lowest BCUT2D eigenvalue weighted by atomic mass is 10.0. The lowest BCUT2D eigenvalue weighted by Gasteiger charge is -2.19. The maximum atomic E-state index is 12.1. The molecule has 0 fully saturated rings. The van der Waals surface area contributed by atoms with E-state index in [1.54, 1.807) is 0 Å². The third kappa shape index (κ3) is 4.96. The van der Waals surface area contributed by atoms with Gasteiger partial charge in [-0.3, -0.25) is 0 Å². The van der Waals surface area contributed by atoms with E-state index in [-0.39, 0.29) is 17.5 Å². The van der Waals surface area contributed by atoms with E-state index in [0.717, 1.165) is 29.5 Å². The average Bonchev–Trinajstić information content (AvgIpc) is 2.37. The van der Waals surface area contributed by atoms with Gasteiger partial charge in [0.2, 0.25) is 0 Å². The zero-order valence-electron chi connectivity index (χ0n) is 12.4. The molecule has 0 spiro atoms. The zero-order valence-corrected chi connectivity index (χ0v) is 13.2. The predicted octanol–water partition coefficient (Wildman–Crippen LogP) is 2.78. The van der Waals surface area contributed by atoms with Crippen LogP contribution in [0.1, 0.15) is 42.5 Å². The lowest BCUT2D eigenvalue weighted by molar-refractivity contribution is 0.570. The Balaban J connectivity index is 2.92. The second-order valence-electron chi connectivity index (χ2n) is 5.17. The maximum absolute atomic E-state index is 12.1. The van der Waals surface area contributed by atoms with Crippen LogP contribution in [0.3, 0.4) is 0 Å². The van der Waals surface area contributed by atoms with Crippen LogP contribution in [0.2, 0.25) is 0 Å². The van der Waals surface area contributed by atoms with Crippen molar-refractivity contribution in [3.8, 4) is 0 Å². The molecule has 0 aliphatic heterocycles. The molecule has 1 unspecified atom stereocenters. The van der Waals surface area contributed by atoms with Crippen molar-refractivity contribution < 1.29 is 8.42 Å². The van der Waals surface area contributed by atoms with Crippen LogP contribution in [-0.4, -0.2) is 27.0 Å². The Morgan fingerprint density at radius 1 is 1.26 bits per heavy atom. The molecular weight excluding hydrogens is 258 g/mol. The Morgan fingerprint density at radius 2 is 1.95 bits per heavy atom. The van der Waals surface area contributed by atoms with Crippen LogP contribution in [-0.2, 0) is 9.84 Å². The molecule has 1 N–H and O–H groups in total. The van der Waals surface area contributed by atoms with Crippen LogP contribution >= 0.6 is 0 Å². The molecule has 0 heterocycles. The number of benzene rings is 1. The van der Waals surface area contributed by atoms with Gasteiger partial charge in [-0.05, 0) is 38.4 Å². The molecule has 0 radical (unpaired) electrons. The van der Waals surface area contributed by atoms with Gasteiger partial charge in [-0.1, -0.05) is 37.1 Å². The van der Waals surface area contributed by atoms with Crippen molar-refractivity contribution in [2.24, 2.45) is 0 Å². The van der Waals surface area contributed by atoms with Crippen LogP contribution in [0.5, 0.6) is 0 Å². The second kappa shape index (κ2) is 7.06. The fourth-order valence-corrected chi connectivity index (χ4v) is 3.91. The molecule has 0 aliphatic carbocycles. The van der Waals surface area contributed by atoms with Crippen molar-refractivity contribution in [3.05, 3.63) is 34.9 Å². The maximum Gasteiger partial charge on any atom is 0.152 e. The highest BCUT2D eigenvalue weighted by Gasteiger charge is 2.20. The second-order valence-corrected chi connectivity index (χ2v) is 7.40. The number of hydrogen-bond donors (Lipinski definition) is 1. The van der Waals surface area contributed by atoms with Gasteiger partial charge in [0.05, 0.1) is 11.5 Å². The Kier molecular flexibility index (Phi) is 6.01. The molecule has 1 aromatic rings. The third-order valence-electron chi connectivity index (χ3n) is 3.39. The summed E-state index contributed by atoms with van der Waals surface area (Å²) >= 11 is 0. The molecule has 108 valence electrons. The van der Waals surface area contributed by atoms with E-state index in [2.05, 4.69) is 17.4 Å². The van der Waals surface area contributed by atoms with Gasteiger partial charge in [0.1, 0.15) is 0 Å². The molecule has 0 aromatic heterocycles. The highest BCUT2D eigenvalue weighted by molar-refractivity contribution is 7.91. The first-order chi connectivity index (χ1) is 8.89. The van der Waals surface area contributed by atoms with Gasteiger partial charge < -0.3 is 5.32 Å². The summed E-state index contributed by atoms with van der Waals surface area (Å²) in [5, 5.41) is 3.14. The van der Waals surface area contributed by atoms with Crippen molar-refractivity contribution in [3.63, 3.8) is 0 Å². The number of sulfone groups is 1. The summed E-state index contributed by atoms with van der Waals surface area (Å²) in [7, 11) is -1.17. The van der Waals surface area contributed by atoms with Gasteiger partial charge in [-0.25, -0.2) is 8.42 Å². The van der Waals surface area contributed by atoms with E-state index in [1.165, 1.54) is 0 Å². The van der Waals surface area contributed by atoms with Crippen molar-refractivity contribution in [2.45, 2.75) is 39.7 Å². The van der Waals surface area contributed by atoms with E-state index in [0.29, 0.717) is 0 Å². The molecule has 4 heteroatoms. The van der Waals surface area contributed by atoms with Crippen molar-refractivity contribution in [2.75, 3.05) is 18.6 Å². The smallest absolute Gasteiger partial charge is 0.152 e. The molecule has 0 bridgehead atoms. The summed E-state index contributed by atoms with van der Waals surface area (Å²) in [6.07, 6.45) is 1.65. The standard InChI is InChI=1S/C15H25NO2S/c1-5-6-9-19(17,18)11-15(16-4)14-10-12(2)7-8-13(14)3/h7-8,10,15-16H,5-6,9,11H2,1-4H3. The van der Waals surface area contributed by atoms with E-state index >= 15 is 0 Å². The Labute approximate surface area is 117 Å². The van der Waals surface area contributed by atoms with Gasteiger partial charge >= 0.3 is 0 Å². The largest absolute Gasteiger partial charge is 0.312 e. The van der Waals surface area contributed by atoms with E-state index in [1.807, 2.05) is 33.9 Å². The Bertz CT molecular complexity index is 509. The minimum atomic E-state index is -3.00. The molecule has 1 atom stereocenters. The molecule has 19 heavy (non-hydrogen) atoms. The first kappa shape index (κ1) is 16.2. The fourth-order valence-electron chi connectivity index (χ4n) is 2.17. The van der Waals surface area contributed by atoms with Crippen molar-refractivity contribution in [1.82, 2.24) is 5.32 Å². The summed E-state index contributed by atoms with van der Waals surface area (Å²) in [6.45, 7) is 6.06. The minimum absolute atomic E-state index is 0.123. The van der Waals surface area contributed by atoms with E-state index in [4.69, 9.17) is 0 Å². The van der Waals surface area contributed by atoms with Crippen LogP contribution in [0.4, 0.5) is 0 Å². The SMILES string of the molecule is CCCCS(=O)(=O)CC(NC)c1cc(C)ccc1C. The quantitative estimate of drug-likeness (QED) is 0.837. The highest BCUT2D eigenvalue weighted by atomic mass is 32.2. The van der Waals surface area contributed by atoms with Crippen LogP contribution < -0.4 is 5.32 Å². The Morgan fingerprint density at radius 3 is 2.53 bits per heavy atom. The first-order valence-corrected chi connectivity index (χ1v) is 8.66. The molecule has 1 rings (SSSR count). The molecule has 0 aliphatic rings. The molecule has 0 saturated carbocycles. The summed E-state index contributed by atoms with van der Waals surface area (Å²) in [5.41, 5.74) is 3.38. The topological polar surface area (TPSA) is 46.2 Å². The van der Waals surface area contributed by atoms with Crippen LogP contribution in [0.25, 0.3) is 0 Å². The minimum Gasteiger partial charge on any atom is -0.312 e. The van der Waals surface area contributed by atoms with Gasteiger partial charge in [-0.15, -0.1) is 0 Å². The number of hydrogen-bond acceptors (Lipinski definition) is 3. The van der Waals surface area contributed by atoms with Gasteiger partial charge in [-0.2, -0.15) is 0 Å². The van der Waals surface area contributed by atoms with Crippen molar-refractivity contribution in [1.29, 1.82) is 0 Å². The van der Waals surface area contributed by atoms with Gasteiger partial charge in [0.15, 0.2) is 9.84 Å². The van der Waals surface area contributed by atoms with Crippen LogP contribution in [0, 0.1) is 13.8 Å². The number of rotatable bonds is 7. The van der Waals surface area contributed by atoms with E-state index < -0.39 is 9.84 Å². The molecule has 0 saturated heterocycles. The van der Waals surface area contributed by atoms with Crippen molar-refractivity contribution >= 4 is 9.84 Å². The summed E-state index contributed by atoms with van der Waals surface area (Å²) < 4.78 is 24.2. The third-order valence-corrected chi connectivity index (χ3v) is 5.14. The molecule has 3 nitrogen and oxygen atoms in total. The number of unbranched alkanes of at least 4 members (excludes halogenated alkanes) is 1. The predicted molar refractivity (Wildman–Crippen MR) is 81.3 cm³/mol. The summed E-state index contributed by atoms with van der Waals surface area (Å²) in [5.74, 6) is 0.459. The molecule has 0 amide bonds. The first-order valence-electron chi connectivity index (χ1n) is 6.84. The normalized spacial score (nSPS) is 13.5. The highest BCUT2D eigenvalue weighted by Crippen LogP contribution is 2.21. The molecule has 1 aromatic carbocycles. The average molecular weight is 283 g/mol. The van der Waals surface area contributed by atoms with E-state index in [9.17, 15) is 8.42 Å². The van der Waals surface area contributed by atoms with Gasteiger partial charge in [0, 0.05) is 6.04 Å². The number of nitrogens with one attached hydrogen (secondary N) is 1. The fraction of sp³-hybridized carbons (Fsp3) is 0.600.